The van der Waals surface area contributed by atoms with Gasteiger partial charge < -0.3 is 14.7 Å². The summed E-state index contributed by atoms with van der Waals surface area (Å²) in [6.07, 6.45) is -2.18. The second-order valence-corrected chi connectivity index (χ2v) is 4.59. The van der Waals surface area contributed by atoms with E-state index < -0.39 is 60.3 Å². The van der Waals surface area contributed by atoms with E-state index in [1.165, 1.54) is 20.8 Å². The molecule has 18 heavy (non-hydrogen) atoms. The fourth-order valence-electron chi connectivity index (χ4n) is 1.15. The maximum Gasteiger partial charge on any atom is 0.410 e. The Morgan fingerprint density at radius 3 is 3.00 bits per heavy atom. The van der Waals surface area contributed by atoms with Crippen LogP contribution in [0.5, 0.6) is 5.75 Å². The zero-order chi connectivity index (χ0) is 20.5. The Labute approximate surface area is 118 Å². The molecule has 0 saturated carbocycles. The Hall–Kier alpha value is -1.78. The monoisotopic (exact) mass is 258 g/mol. The lowest BCUT2D eigenvalue weighted by atomic mass is 9.96. The van der Waals surface area contributed by atoms with Crippen molar-refractivity contribution in [2.75, 3.05) is 13.0 Å². The van der Waals surface area contributed by atoms with Gasteiger partial charge in [0.05, 0.1) is 15.3 Å². The van der Waals surface area contributed by atoms with Crippen molar-refractivity contribution in [1.82, 2.24) is 9.88 Å². The number of amides is 1. The fraction of sp³-hybridized carbons (Fsp3) is 0.538. The van der Waals surface area contributed by atoms with Crippen molar-refractivity contribution in [3.63, 3.8) is 0 Å². The first-order valence-electron chi connectivity index (χ1n) is 9.20. The van der Waals surface area contributed by atoms with Crippen LogP contribution in [0.4, 0.5) is 4.79 Å². The summed E-state index contributed by atoms with van der Waals surface area (Å²) >= 11 is 0. The van der Waals surface area contributed by atoms with E-state index in [9.17, 15) is 9.90 Å². The van der Waals surface area contributed by atoms with Gasteiger partial charge in [0, 0.05) is 32.5 Å². The molecule has 1 aliphatic heterocycles. The predicted molar refractivity (Wildman–Crippen MR) is 66.4 cm³/mol. The van der Waals surface area contributed by atoms with Crippen molar-refractivity contribution in [3.05, 3.63) is 24.0 Å². The predicted octanol–water partition coefficient (Wildman–Crippen LogP) is 2.12. The first-order valence-corrected chi connectivity index (χ1v) is 5.20. The van der Waals surface area contributed by atoms with E-state index in [1.54, 1.807) is 0 Å². The molecule has 1 aliphatic rings. The number of rotatable bonds is 1. The van der Waals surface area contributed by atoms with E-state index in [-0.39, 0.29) is 4.90 Å². The Kier molecular flexibility index (Phi) is 1.47. The Morgan fingerprint density at radius 1 is 1.72 bits per heavy atom. The molecule has 1 aromatic rings. The highest BCUT2D eigenvalue weighted by atomic mass is 16.6. The van der Waals surface area contributed by atoms with Crippen molar-refractivity contribution in [2.24, 2.45) is 0 Å². The molecule has 1 aromatic heterocycles. The molecule has 0 bridgehead atoms. The normalized spacial score (nSPS) is 30.1. The number of carbonyl (C=O) groups excluding carboxylic acids is 1. The first kappa shape index (κ1) is 5.91. The van der Waals surface area contributed by atoms with E-state index in [0.717, 1.165) is 0 Å². The van der Waals surface area contributed by atoms with Gasteiger partial charge in [-0.05, 0) is 26.8 Å². The minimum absolute atomic E-state index is 0.0919. The third-order valence-electron chi connectivity index (χ3n) is 1.84. The van der Waals surface area contributed by atoms with Gasteiger partial charge in [-0.15, -0.1) is 0 Å². The number of nitrogens with zero attached hydrogens (tertiary/aromatic N) is 2. The maximum absolute atomic E-state index is 12.2. The van der Waals surface area contributed by atoms with Crippen LogP contribution in [0, 0.1) is 0 Å². The summed E-state index contributed by atoms with van der Waals surface area (Å²) in [4.78, 5) is 15.8. The Bertz CT molecular complexity index is 762. The standard InChI is InChI=1S/C13H18N2O3/c1-13(2,3)18-12(17)15-7-9(8-15)11-6-10(16)4-5-14-11/h4-6,9H,7-8H2,1-3H3,(H,14,16)/i4D,5D,6D,7D2,8D2,9D. The second kappa shape index (κ2) is 4.48. The van der Waals surface area contributed by atoms with Gasteiger partial charge in [-0.1, -0.05) is 0 Å². The molecule has 1 saturated heterocycles. The van der Waals surface area contributed by atoms with Crippen LogP contribution in [0.3, 0.4) is 0 Å². The molecule has 1 amide bonds. The minimum Gasteiger partial charge on any atom is -0.508 e. The van der Waals surface area contributed by atoms with Crippen molar-refractivity contribution in [1.29, 1.82) is 0 Å². The lowest BCUT2D eigenvalue weighted by molar-refractivity contribution is 0.00787. The van der Waals surface area contributed by atoms with E-state index in [1.807, 2.05) is 0 Å². The number of carbonyl (C=O) groups is 1. The van der Waals surface area contributed by atoms with Crippen LogP contribution in [-0.4, -0.2) is 39.7 Å². The highest BCUT2D eigenvalue weighted by molar-refractivity contribution is 5.69. The molecule has 1 N–H and O–H groups in total. The number of aromatic hydroxyl groups is 1. The zero-order valence-electron chi connectivity index (χ0n) is 18.2. The molecule has 98 valence electrons. The largest absolute Gasteiger partial charge is 0.508 e. The molecule has 0 spiro atoms. The molecule has 0 aliphatic carbocycles. The molecule has 5 nitrogen and oxygen atoms in total. The van der Waals surface area contributed by atoms with Crippen LogP contribution >= 0.6 is 0 Å². The molecule has 2 rings (SSSR count). The molecule has 5 heteroatoms. The van der Waals surface area contributed by atoms with Crippen molar-refractivity contribution in [2.45, 2.75) is 32.3 Å². The van der Waals surface area contributed by atoms with E-state index in [2.05, 4.69) is 4.98 Å². The van der Waals surface area contributed by atoms with Gasteiger partial charge in [0.1, 0.15) is 11.4 Å². The second-order valence-electron chi connectivity index (χ2n) is 4.59. The van der Waals surface area contributed by atoms with Gasteiger partial charge in [-0.25, -0.2) is 4.79 Å². The average Bonchev–Trinajstić information content (AvgIpc) is 2.45. The number of hydrogen-bond acceptors (Lipinski definition) is 4. The SMILES string of the molecule is [2H]c1nc(C2([2H])C([2H])([2H])N(C(=O)OC(C)(C)C)C2([2H])[2H])c([2H])c(O)c1[2H]. The number of pyridine rings is 1. The summed E-state index contributed by atoms with van der Waals surface area (Å²) in [6.45, 7) is -1.48. The third kappa shape index (κ3) is 2.91. The summed E-state index contributed by atoms with van der Waals surface area (Å²) in [5.74, 6) is -3.94. The van der Waals surface area contributed by atoms with E-state index in [0.29, 0.717) is 0 Å². The minimum atomic E-state index is -3.00. The summed E-state index contributed by atoms with van der Waals surface area (Å²) in [7, 11) is 0. The van der Waals surface area contributed by atoms with E-state index in [4.69, 9.17) is 15.7 Å². The summed E-state index contributed by atoms with van der Waals surface area (Å²) in [6, 6.07) is -1.75. The zero-order valence-corrected chi connectivity index (χ0v) is 10.2. The average molecular weight is 258 g/mol. The van der Waals surface area contributed by atoms with Crippen LogP contribution in [0.25, 0.3) is 0 Å². The molecule has 0 aromatic carbocycles. The molecule has 0 atom stereocenters. The van der Waals surface area contributed by atoms with Gasteiger partial charge in [0.2, 0.25) is 0 Å². The van der Waals surface area contributed by atoms with Gasteiger partial charge in [0.25, 0.3) is 0 Å². The van der Waals surface area contributed by atoms with E-state index >= 15 is 0 Å². The van der Waals surface area contributed by atoms with Crippen molar-refractivity contribution < 1.29 is 25.6 Å². The molecule has 0 unspecified atom stereocenters. The molecular formula is C13H18N2O3. The number of aromatic nitrogens is 1. The quantitative estimate of drug-likeness (QED) is 0.838. The van der Waals surface area contributed by atoms with Crippen LogP contribution in [-0.2, 0) is 4.74 Å². The Balaban J connectivity index is 2.60. The van der Waals surface area contributed by atoms with Crippen LogP contribution in [0.15, 0.2) is 18.3 Å². The van der Waals surface area contributed by atoms with Crippen LogP contribution < -0.4 is 0 Å². The summed E-state index contributed by atoms with van der Waals surface area (Å²) < 4.78 is 68.2. The summed E-state index contributed by atoms with van der Waals surface area (Å²) in [5, 5.41) is 9.75. The highest BCUT2D eigenvalue weighted by Gasteiger charge is 2.35. The fourth-order valence-corrected chi connectivity index (χ4v) is 1.15. The maximum atomic E-state index is 12.2. The lowest BCUT2D eigenvalue weighted by Crippen LogP contribution is -2.50. The van der Waals surface area contributed by atoms with Crippen molar-refractivity contribution >= 4 is 6.09 Å². The number of ether oxygens (including phenoxy) is 1. The Morgan fingerprint density at radius 2 is 2.39 bits per heavy atom. The van der Waals surface area contributed by atoms with Crippen LogP contribution in [0.2, 0.25) is 0 Å². The van der Waals surface area contributed by atoms with Crippen molar-refractivity contribution in [3.8, 4) is 5.75 Å². The topological polar surface area (TPSA) is 62.7 Å². The van der Waals surface area contributed by atoms with Gasteiger partial charge in [0.15, 0.2) is 0 Å². The molecule has 1 fully saturated rings. The van der Waals surface area contributed by atoms with Gasteiger partial charge >= 0.3 is 6.09 Å². The number of likely N-dealkylation sites (tertiary alicyclic amines) is 1. The highest BCUT2D eigenvalue weighted by Crippen LogP contribution is 2.28. The molecular weight excluding hydrogens is 232 g/mol. The lowest BCUT2D eigenvalue weighted by Gasteiger charge is -2.39. The number of hydrogen-bond donors (Lipinski definition) is 1. The first-order chi connectivity index (χ1) is 11.5. The van der Waals surface area contributed by atoms with Gasteiger partial charge in [-0.2, -0.15) is 0 Å². The smallest absolute Gasteiger partial charge is 0.410 e. The molecule has 0 radical (unpaired) electrons. The summed E-state index contributed by atoms with van der Waals surface area (Å²) in [5.41, 5.74) is -1.92. The third-order valence-corrected chi connectivity index (χ3v) is 1.84. The van der Waals surface area contributed by atoms with Gasteiger partial charge in [-0.3, -0.25) is 4.98 Å². The van der Waals surface area contributed by atoms with Crippen LogP contribution in [0.1, 0.15) is 43.3 Å². The molecule has 2 heterocycles.